The molecule has 0 bridgehead atoms. The van der Waals surface area contributed by atoms with Gasteiger partial charge >= 0.3 is 5.97 Å². The summed E-state index contributed by atoms with van der Waals surface area (Å²) in [5.41, 5.74) is 0. The number of carboxylic acids is 1. The normalized spacial score (nSPS) is 14.7. The number of sulfonamides is 1. The fourth-order valence-corrected chi connectivity index (χ4v) is 1.98. The maximum Gasteiger partial charge on any atom is 0.322 e. The van der Waals surface area contributed by atoms with Crippen LogP contribution >= 0.6 is 0 Å². The Labute approximate surface area is 110 Å². The smallest absolute Gasteiger partial charge is 0.322 e. The van der Waals surface area contributed by atoms with E-state index in [4.69, 9.17) is 15.3 Å². The number of carbonyl (C=O) groups excluding carboxylic acids is 1. The van der Waals surface area contributed by atoms with Gasteiger partial charge < -0.3 is 20.6 Å². The van der Waals surface area contributed by atoms with E-state index in [1.54, 1.807) is 0 Å². The molecule has 0 rings (SSSR count). The van der Waals surface area contributed by atoms with Gasteiger partial charge in [0.1, 0.15) is 6.04 Å². The molecule has 0 spiro atoms. The van der Waals surface area contributed by atoms with Crippen LogP contribution in [-0.2, 0) is 19.6 Å². The molecule has 112 valence electrons. The summed E-state index contributed by atoms with van der Waals surface area (Å²) in [5.74, 6) is -2.22. The van der Waals surface area contributed by atoms with Crippen LogP contribution in [0, 0.1) is 0 Å². The number of aliphatic hydroxyl groups is 2. The van der Waals surface area contributed by atoms with E-state index in [1.807, 2.05) is 4.72 Å². The second-order valence-electron chi connectivity index (χ2n) is 3.94. The van der Waals surface area contributed by atoms with Gasteiger partial charge in [-0.25, -0.2) is 13.1 Å². The van der Waals surface area contributed by atoms with Crippen LogP contribution in [0.2, 0.25) is 0 Å². The first-order chi connectivity index (χ1) is 8.69. The van der Waals surface area contributed by atoms with Crippen molar-refractivity contribution in [3.8, 4) is 0 Å². The molecule has 0 aliphatic heterocycles. The van der Waals surface area contributed by atoms with E-state index in [0.717, 1.165) is 6.26 Å². The van der Waals surface area contributed by atoms with Crippen LogP contribution in [0.1, 0.15) is 12.8 Å². The molecular weight excluding hydrogens is 280 g/mol. The van der Waals surface area contributed by atoms with Crippen molar-refractivity contribution in [2.75, 3.05) is 19.5 Å². The first-order valence-corrected chi connectivity index (χ1v) is 7.30. The molecule has 0 aliphatic carbocycles. The largest absolute Gasteiger partial charge is 0.480 e. The molecule has 19 heavy (non-hydrogen) atoms. The minimum atomic E-state index is -3.76. The van der Waals surface area contributed by atoms with Crippen LogP contribution < -0.4 is 10.0 Å². The molecule has 0 heterocycles. The zero-order chi connectivity index (χ0) is 15.1. The molecule has 0 aromatic carbocycles. The van der Waals surface area contributed by atoms with Gasteiger partial charge in [-0.3, -0.25) is 9.59 Å². The van der Waals surface area contributed by atoms with E-state index in [1.165, 1.54) is 0 Å². The van der Waals surface area contributed by atoms with Crippen LogP contribution in [-0.4, -0.2) is 67.2 Å². The molecule has 0 fully saturated rings. The Bertz CT molecular complexity index is 409. The second kappa shape index (κ2) is 8.04. The number of carbonyl (C=O) groups is 2. The predicted molar refractivity (Wildman–Crippen MR) is 64.7 cm³/mol. The monoisotopic (exact) mass is 298 g/mol. The predicted octanol–water partition coefficient (Wildman–Crippen LogP) is -2.76. The van der Waals surface area contributed by atoms with Gasteiger partial charge in [0.05, 0.1) is 25.3 Å². The first kappa shape index (κ1) is 17.8. The van der Waals surface area contributed by atoms with Crippen LogP contribution in [0.5, 0.6) is 0 Å². The maximum absolute atomic E-state index is 11.5. The number of nitrogens with one attached hydrogen (secondary N) is 2. The van der Waals surface area contributed by atoms with Crippen molar-refractivity contribution < 1.29 is 33.3 Å². The lowest BCUT2D eigenvalue weighted by molar-refractivity contribution is -0.141. The number of aliphatic hydroxyl groups excluding tert-OH is 2. The Kier molecular flexibility index (Phi) is 7.52. The number of hydrogen-bond donors (Lipinski definition) is 5. The number of carboxylic acid groups (broad SMARTS) is 1. The summed E-state index contributed by atoms with van der Waals surface area (Å²) >= 11 is 0. The van der Waals surface area contributed by atoms with Crippen molar-refractivity contribution in [1.29, 1.82) is 0 Å². The third-order valence-electron chi connectivity index (χ3n) is 2.11. The molecule has 0 aliphatic rings. The molecule has 5 N–H and O–H groups in total. The van der Waals surface area contributed by atoms with Crippen molar-refractivity contribution in [3.05, 3.63) is 0 Å². The highest BCUT2D eigenvalue weighted by molar-refractivity contribution is 7.88. The van der Waals surface area contributed by atoms with Gasteiger partial charge in [-0.2, -0.15) is 0 Å². The summed E-state index contributed by atoms with van der Waals surface area (Å²) in [6.45, 7) is -0.668. The Hall–Kier alpha value is -1.23. The summed E-state index contributed by atoms with van der Waals surface area (Å²) in [6, 6.07) is -2.28. The molecule has 0 saturated carbocycles. The average molecular weight is 298 g/mol. The highest BCUT2D eigenvalue weighted by Gasteiger charge is 2.25. The van der Waals surface area contributed by atoms with E-state index < -0.39 is 47.0 Å². The van der Waals surface area contributed by atoms with Crippen LogP contribution in [0.25, 0.3) is 0 Å². The Morgan fingerprint density at radius 1 is 1.26 bits per heavy atom. The third-order valence-corrected chi connectivity index (χ3v) is 2.82. The minimum Gasteiger partial charge on any atom is -0.480 e. The topological polar surface area (TPSA) is 153 Å². The fourth-order valence-electron chi connectivity index (χ4n) is 1.27. The molecule has 2 unspecified atom stereocenters. The molecule has 0 aromatic rings. The minimum absolute atomic E-state index is 0.111. The molecule has 9 nitrogen and oxygen atoms in total. The first-order valence-electron chi connectivity index (χ1n) is 5.40. The van der Waals surface area contributed by atoms with Crippen molar-refractivity contribution in [2.24, 2.45) is 0 Å². The molecule has 0 radical (unpaired) electrons. The zero-order valence-electron chi connectivity index (χ0n) is 10.4. The maximum atomic E-state index is 11.5. The van der Waals surface area contributed by atoms with Gasteiger partial charge in [-0.05, 0) is 6.42 Å². The number of hydrogen-bond acceptors (Lipinski definition) is 6. The van der Waals surface area contributed by atoms with Crippen molar-refractivity contribution in [1.82, 2.24) is 10.0 Å². The van der Waals surface area contributed by atoms with Gasteiger partial charge in [-0.1, -0.05) is 0 Å². The molecule has 1 amide bonds. The van der Waals surface area contributed by atoms with Crippen LogP contribution in [0.3, 0.4) is 0 Å². The summed E-state index contributed by atoms with van der Waals surface area (Å²) < 4.78 is 23.7. The van der Waals surface area contributed by atoms with Crippen molar-refractivity contribution >= 4 is 21.9 Å². The SMILES string of the molecule is CS(=O)(=O)NC(CC(=O)NC(CO)CCO)C(=O)O. The lowest BCUT2D eigenvalue weighted by atomic mass is 10.2. The second-order valence-corrected chi connectivity index (χ2v) is 5.72. The van der Waals surface area contributed by atoms with Crippen LogP contribution in [0.4, 0.5) is 0 Å². The van der Waals surface area contributed by atoms with Gasteiger partial charge in [0.25, 0.3) is 0 Å². The molecular formula is C9H18N2O7S. The molecule has 0 aromatic heterocycles. The molecule has 0 saturated heterocycles. The summed E-state index contributed by atoms with van der Waals surface area (Å²) in [5, 5.41) is 28.6. The summed E-state index contributed by atoms with van der Waals surface area (Å²) in [4.78, 5) is 22.3. The summed E-state index contributed by atoms with van der Waals surface area (Å²) in [6.07, 6.45) is 0.285. The Morgan fingerprint density at radius 2 is 1.84 bits per heavy atom. The number of aliphatic carboxylic acids is 1. The van der Waals surface area contributed by atoms with E-state index >= 15 is 0 Å². The quantitative estimate of drug-likeness (QED) is 0.309. The van der Waals surface area contributed by atoms with E-state index in [9.17, 15) is 18.0 Å². The van der Waals surface area contributed by atoms with Gasteiger partial charge in [0.2, 0.25) is 15.9 Å². The molecule has 10 heteroatoms. The lowest BCUT2D eigenvalue weighted by Gasteiger charge is -2.17. The van der Waals surface area contributed by atoms with Crippen LogP contribution in [0.15, 0.2) is 0 Å². The average Bonchev–Trinajstić information content (AvgIpc) is 2.25. The lowest BCUT2D eigenvalue weighted by Crippen LogP contribution is -2.46. The zero-order valence-corrected chi connectivity index (χ0v) is 11.2. The highest BCUT2D eigenvalue weighted by atomic mass is 32.2. The Morgan fingerprint density at radius 3 is 2.21 bits per heavy atom. The van der Waals surface area contributed by atoms with Crippen molar-refractivity contribution in [3.63, 3.8) is 0 Å². The third kappa shape index (κ3) is 8.48. The fraction of sp³-hybridized carbons (Fsp3) is 0.778. The van der Waals surface area contributed by atoms with Gasteiger partial charge in [0.15, 0.2) is 0 Å². The summed E-state index contributed by atoms with van der Waals surface area (Å²) in [7, 11) is -3.76. The van der Waals surface area contributed by atoms with Crippen molar-refractivity contribution in [2.45, 2.75) is 24.9 Å². The van der Waals surface area contributed by atoms with E-state index in [2.05, 4.69) is 5.32 Å². The standard InChI is InChI=1S/C9H18N2O7S/c1-19(17,18)11-7(9(15)16)4-8(14)10-6(5-13)2-3-12/h6-7,11-13H,2-5H2,1H3,(H,10,14)(H,15,16). The number of rotatable bonds is 9. The number of amides is 1. The van der Waals surface area contributed by atoms with E-state index in [-0.39, 0.29) is 13.0 Å². The van der Waals surface area contributed by atoms with E-state index in [0.29, 0.717) is 0 Å². The van der Waals surface area contributed by atoms with Gasteiger partial charge in [0, 0.05) is 6.61 Å². The molecule has 2 atom stereocenters. The highest BCUT2D eigenvalue weighted by Crippen LogP contribution is 1.98. The Balaban J connectivity index is 4.51. The van der Waals surface area contributed by atoms with Gasteiger partial charge in [-0.15, -0.1) is 0 Å².